The zero-order valence-corrected chi connectivity index (χ0v) is 19.9. The topological polar surface area (TPSA) is 95.9 Å². The van der Waals surface area contributed by atoms with Gasteiger partial charge in [0, 0.05) is 24.4 Å². The van der Waals surface area contributed by atoms with Gasteiger partial charge in [-0.3, -0.25) is 4.79 Å². The molecule has 0 aromatic heterocycles. The lowest BCUT2D eigenvalue weighted by molar-refractivity contribution is -0.149. The van der Waals surface area contributed by atoms with E-state index in [-0.39, 0.29) is 30.8 Å². The lowest BCUT2D eigenvalue weighted by atomic mass is 9.97. The number of alkyl carbamates (subject to hydrolysis) is 1. The summed E-state index contributed by atoms with van der Waals surface area (Å²) in [4.78, 5) is 38.3. The Hall–Kier alpha value is -3.35. The molecule has 2 amide bonds. The SMILES string of the molecule is CC1CCN(C(=O)CCC(C)(C)NC(=O)OCC2c3ccccc3-c3ccccc32)C1C(=O)O. The Bertz CT molecular complexity index is 1050. The quantitative estimate of drug-likeness (QED) is 0.633. The fraction of sp³-hybridized carbons (Fsp3) is 0.444. The van der Waals surface area contributed by atoms with Gasteiger partial charge in [-0.05, 0) is 54.9 Å². The van der Waals surface area contributed by atoms with Gasteiger partial charge in [0.15, 0.2) is 0 Å². The molecule has 1 fully saturated rings. The van der Waals surface area contributed by atoms with Crippen molar-refractivity contribution in [3.8, 4) is 11.1 Å². The molecule has 7 heteroatoms. The maximum absolute atomic E-state index is 12.7. The highest BCUT2D eigenvalue weighted by atomic mass is 16.5. The summed E-state index contributed by atoms with van der Waals surface area (Å²) in [5.41, 5.74) is 3.95. The van der Waals surface area contributed by atoms with E-state index >= 15 is 0 Å². The average Bonchev–Trinajstić information content (AvgIpc) is 3.34. The third kappa shape index (κ3) is 4.79. The van der Waals surface area contributed by atoms with Crippen molar-refractivity contribution in [3.05, 3.63) is 59.7 Å². The Morgan fingerprint density at radius 3 is 2.24 bits per heavy atom. The van der Waals surface area contributed by atoms with E-state index in [1.54, 1.807) is 0 Å². The van der Waals surface area contributed by atoms with E-state index in [2.05, 4.69) is 29.6 Å². The van der Waals surface area contributed by atoms with Crippen LogP contribution in [0.3, 0.4) is 0 Å². The van der Waals surface area contributed by atoms with Crippen LogP contribution in [-0.4, -0.2) is 52.7 Å². The molecular formula is C27H32N2O5. The number of benzene rings is 2. The Morgan fingerprint density at radius 2 is 1.65 bits per heavy atom. The van der Waals surface area contributed by atoms with Gasteiger partial charge in [-0.2, -0.15) is 0 Å². The number of carboxylic acid groups (broad SMARTS) is 1. The summed E-state index contributed by atoms with van der Waals surface area (Å²) >= 11 is 0. The molecule has 0 saturated carbocycles. The number of likely N-dealkylation sites (tertiary alicyclic amines) is 1. The fourth-order valence-corrected chi connectivity index (χ4v) is 5.14. The third-order valence-electron chi connectivity index (χ3n) is 7.02. The number of nitrogens with one attached hydrogen (secondary N) is 1. The second-order valence-electron chi connectivity index (χ2n) is 9.97. The summed E-state index contributed by atoms with van der Waals surface area (Å²) in [6.07, 6.45) is 0.697. The predicted molar refractivity (Wildman–Crippen MR) is 128 cm³/mol. The molecule has 1 aliphatic carbocycles. The molecule has 0 radical (unpaired) electrons. The minimum absolute atomic E-state index is 0.0204. The lowest BCUT2D eigenvalue weighted by Crippen LogP contribution is -2.46. The van der Waals surface area contributed by atoms with Gasteiger partial charge in [-0.15, -0.1) is 0 Å². The van der Waals surface area contributed by atoms with Gasteiger partial charge in [0.2, 0.25) is 5.91 Å². The van der Waals surface area contributed by atoms with Crippen molar-refractivity contribution >= 4 is 18.0 Å². The van der Waals surface area contributed by atoms with Crippen LogP contribution in [0.2, 0.25) is 0 Å². The van der Waals surface area contributed by atoms with Crippen LogP contribution >= 0.6 is 0 Å². The second-order valence-corrected chi connectivity index (χ2v) is 9.97. The molecular weight excluding hydrogens is 432 g/mol. The average molecular weight is 465 g/mol. The number of carboxylic acids is 1. The summed E-state index contributed by atoms with van der Waals surface area (Å²) in [7, 11) is 0. The molecule has 2 N–H and O–H groups in total. The van der Waals surface area contributed by atoms with E-state index in [1.165, 1.54) is 16.0 Å². The minimum atomic E-state index is -0.964. The molecule has 2 aliphatic rings. The van der Waals surface area contributed by atoms with Crippen molar-refractivity contribution < 1.29 is 24.2 Å². The number of hydrogen-bond acceptors (Lipinski definition) is 4. The number of amides is 2. The fourth-order valence-electron chi connectivity index (χ4n) is 5.14. The van der Waals surface area contributed by atoms with E-state index in [0.717, 1.165) is 11.1 Å². The number of aliphatic carboxylic acids is 1. The van der Waals surface area contributed by atoms with Crippen molar-refractivity contribution in [2.24, 2.45) is 5.92 Å². The highest BCUT2D eigenvalue weighted by molar-refractivity contribution is 5.84. The first-order chi connectivity index (χ1) is 16.2. The molecule has 1 heterocycles. The maximum Gasteiger partial charge on any atom is 0.407 e. The second kappa shape index (κ2) is 9.49. The normalized spacial score (nSPS) is 19.4. The Balaban J connectivity index is 1.32. The highest BCUT2D eigenvalue weighted by Crippen LogP contribution is 2.44. The maximum atomic E-state index is 12.7. The van der Waals surface area contributed by atoms with E-state index in [4.69, 9.17) is 4.74 Å². The van der Waals surface area contributed by atoms with Crippen molar-refractivity contribution in [1.82, 2.24) is 10.2 Å². The molecule has 4 rings (SSSR count). The molecule has 2 unspecified atom stereocenters. The highest BCUT2D eigenvalue weighted by Gasteiger charge is 2.39. The van der Waals surface area contributed by atoms with Crippen molar-refractivity contribution in [2.45, 2.75) is 57.5 Å². The van der Waals surface area contributed by atoms with E-state index in [9.17, 15) is 19.5 Å². The van der Waals surface area contributed by atoms with Gasteiger partial charge in [0.1, 0.15) is 12.6 Å². The van der Waals surface area contributed by atoms with E-state index in [1.807, 2.05) is 45.0 Å². The minimum Gasteiger partial charge on any atom is -0.480 e. The smallest absolute Gasteiger partial charge is 0.407 e. The number of carbonyl (C=O) groups is 3. The molecule has 0 spiro atoms. The number of nitrogens with zero attached hydrogens (tertiary/aromatic N) is 1. The van der Waals surface area contributed by atoms with Crippen LogP contribution in [0.15, 0.2) is 48.5 Å². The first kappa shape index (κ1) is 23.8. The van der Waals surface area contributed by atoms with Crippen LogP contribution in [-0.2, 0) is 14.3 Å². The van der Waals surface area contributed by atoms with Crippen LogP contribution in [0.5, 0.6) is 0 Å². The largest absolute Gasteiger partial charge is 0.480 e. The van der Waals surface area contributed by atoms with Gasteiger partial charge in [0.05, 0.1) is 0 Å². The van der Waals surface area contributed by atoms with Gasteiger partial charge in [-0.25, -0.2) is 9.59 Å². The van der Waals surface area contributed by atoms with Crippen molar-refractivity contribution in [3.63, 3.8) is 0 Å². The summed E-state index contributed by atoms with van der Waals surface area (Å²) in [5.74, 6) is -1.24. The molecule has 1 saturated heterocycles. The summed E-state index contributed by atoms with van der Waals surface area (Å²) < 4.78 is 5.62. The predicted octanol–water partition coefficient (Wildman–Crippen LogP) is 4.41. The Morgan fingerprint density at radius 1 is 1.06 bits per heavy atom. The number of ether oxygens (including phenoxy) is 1. The monoisotopic (exact) mass is 464 g/mol. The summed E-state index contributed by atoms with van der Waals surface area (Å²) in [6, 6.07) is 15.6. The van der Waals surface area contributed by atoms with Crippen LogP contribution in [0.25, 0.3) is 11.1 Å². The number of hydrogen-bond donors (Lipinski definition) is 2. The number of carbonyl (C=O) groups excluding carboxylic acids is 2. The first-order valence-electron chi connectivity index (χ1n) is 11.8. The van der Waals surface area contributed by atoms with E-state index < -0.39 is 23.6 Å². The molecule has 0 bridgehead atoms. The van der Waals surface area contributed by atoms with Crippen molar-refractivity contribution in [1.29, 1.82) is 0 Å². The van der Waals surface area contributed by atoms with E-state index in [0.29, 0.717) is 19.4 Å². The van der Waals surface area contributed by atoms with Crippen LogP contribution < -0.4 is 5.32 Å². The Labute approximate surface area is 200 Å². The molecule has 180 valence electrons. The summed E-state index contributed by atoms with van der Waals surface area (Å²) in [5, 5.41) is 12.3. The number of fused-ring (bicyclic) bond motifs is 3. The Kier molecular flexibility index (Phi) is 6.64. The zero-order valence-electron chi connectivity index (χ0n) is 19.9. The van der Waals surface area contributed by atoms with Crippen LogP contribution in [0.4, 0.5) is 4.79 Å². The van der Waals surface area contributed by atoms with Gasteiger partial charge in [0.25, 0.3) is 0 Å². The summed E-state index contributed by atoms with van der Waals surface area (Å²) in [6.45, 7) is 6.21. The number of rotatable bonds is 7. The molecule has 34 heavy (non-hydrogen) atoms. The lowest BCUT2D eigenvalue weighted by Gasteiger charge is -2.28. The van der Waals surface area contributed by atoms with Crippen molar-refractivity contribution in [2.75, 3.05) is 13.2 Å². The zero-order chi connectivity index (χ0) is 24.5. The molecule has 2 atom stereocenters. The standard InChI is InChI=1S/C27H32N2O5/c1-17-13-15-29(24(17)25(31)32)23(30)12-14-27(2,3)28-26(33)34-16-22-20-10-6-4-8-18(20)19-9-5-7-11-21(19)22/h4-11,17,22,24H,12-16H2,1-3H3,(H,28,33)(H,31,32). The first-order valence-corrected chi connectivity index (χ1v) is 11.8. The molecule has 7 nitrogen and oxygen atoms in total. The van der Waals surface area contributed by atoms with Crippen LogP contribution in [0, 0.1) is 5.92 Å². The van der Waals surface area contributed by atoms with Gasteiger partial charge >= 0.3 is 12.1 Å². The third-order valence-corrected chi connectivity index (χ3v) is 7.02. The van der Waals surface area contributed by atoms with Crippen LogP contribution in [0.1, 0.15) is 57.1 Å². The van der Waals surface area contributed by atoms with Gasteiger partial charge in [-0.1, -0.05) is 55.5 Å². The molecule has 2 aromatic carbocycles. The molecule has 1 aliphatic heterocycles. The van der Waals surface area contributed by atoms with Gasteiger partial charge < -0.3 is 20.1 Å². The molecule has 2 aromatic rings.